The van der Waals surface area contributed by atoms with E-state index in [0.29, 0.717) is 42.7 Å². The van der Waals surface area contributed by atoms with Crippen molar-refractivity contribution in [2.45, 2.75) is 37.7 Å². The van der Waals surface area contributed by atoms with Crippen LogP contribution in [0.3, 0.4) is 0 Å². The van der Waals surface area contributed by atoms with Crippen molar-refractivity contribution in [3.05, 3.63) is 41.3 Å². The molecule has 0 saturated carbocycles. The smallest absolute Gasteiger partial charge is 0.243 e. The van der Waals surface area contributed by atoms with Gasteiger partial charge in [-0.05, 0) is 44.0 Å². The summed E-state index contributed by atoms with van der Waals surface area (Å²) < 4.78 is 38.7. The molecule has 3 heterocycles. The quantitative estimate of drug-likeness (QED) is 0.811. The van der Waals surface area contributed by atoms with E-state index in [0.717, 1.165) is 23.4 Å². The lowest BCUT2D eigenvalue weighted by Gasteiger charge is -2.17. The summed E-state index contributed by atoms with van der Waals surface area (Å²) in [6.07, 6.45) is 1.17. The highest BCUT2D eigenvalue weighted by atomic mass is 32.2. The van der Waals surface area contributed by atoms with Gasteiger partial charge in [0, 0.05) is 24.7 Å². The number of hydrogen-bond acceptors (Lipinski definition) is 6. The molecule has 0 aliphatic carbocycles. The molecule has 2 aliphatic rings. The summed E-state index contributed by atoms with van der Waals surface area (Å²) in [4.78, 5) is 8.81. The number of fused-ring (bicyclic) bond motifs is 1. The minimum absolute atomic E-state index is 0.212. The summed E-state index contributed by atoms with van der Waals surface area (Å²) in [6.45, 7) is 5.05. The van der Waals surface area contributed by atoms with Crippen molar-refractivity contribution in [3.8, 4) is 11.6 Å². The molecule has 4 rings (SSSR count). The lowest BCUT2D eigenvalue weighted by Crippen LogP contribution is -2.31. The lowest BCUT2D eigenvalue weighted by atomic mass is 10.2. The summed E-state index contributed by atoms with van der Waals surface area (Å²) >= 11 is 0. The molecule has 1 aromatic carbocycles. The van der Waals surface area contributed by atoms with E-state index < -0.39 is 10.0 Å². The van der Waals surface area contributed by atoms with Gasteiger partial charge >= 0.3 is 0 Å². The second-order valence-electron chi connectivity index (χ2n) is 6.65. The molecular formula is C18H21N3O4S. The van der Waals surface area contributed by atoms with Gasteiger partial charge in [0.25, 0.3) is 0 Å². The van der Waals surface area contributed by atoms with Gasteiger partial charge in [0.2, 0.25) is 15.9 Å². The highest BCUT2D eigenvalue weighted by Gasteiger charge is 2.34. The normalized spacial score (nSPS) is 20.0. The molecule has 2 aromatic rings. The molecule has 0 radical (unpaired) electrons. The summed E-state index contributed by atoms with van der Waals surface area (Å²) in [6, 6.07) is 6.85. The number of hydrogen-bond donors (Lipinski definition) is 0. The molecule has 26 heavy (non-hydrogen) atoms. The fourth-order valence-corrected chi connectivity index (χ4v) is 4.94. The third kappa shape index (κ3) is 3.26. The van der Waals surface area contributed by atoms with Gasteiger partial charge in [0.15, 0.2) is 0 Å². The fourth-order valence-electron chi connectivity index (χ4n) is 3.40. The van der Waals surface area contributed by atoms with Crippen molar-refractivity contribution in [2.75, 3.05) is 19.7 Å². The maximum Gasteiger partial charge on any atom is 0.243 e. The molecule has 1 fully saturated rings. The molecule has 1 saturated heterocycles. The van der Waals surface area contributed by atoms with Crippen molar-refractivity contribution in [1.29, 1.82) is 0 Å². The van der Waals surface area contributed by atoms with E-state index in [1.807, 2.05) is 13.8 Å². The van der Waals surface area contributed by atoms with Gasteiger partial charge in [-0.1, -0.05) is 0 Å². The van der Waals surface area contributed by atoms with Crippen LogP contribution >= 0.6 is 0 Å². The number of rotatable bonds is 4. The monoisotopic (exact) mass is 375 g/mol. The topological polar surface area (TPSA) is 81.6 Å². The van der Waals surface area contributed by atoms with Crippen LogP contribution in [0.1, 0.15) is 23.5 Å². The summed E-state index contributed by atoms with van der Waals surface area (Å²) in [5.74, 6) is 1.91. The number of ether oxygens (including phenoxy) is 2. The minimum atomic E-state index is -3.54. The van der Waals surface area contributed by atoms with E-state index in [4.69, 9.17) is 9.47 Å². The average Bonchev–Trinajstić information content (AvgIpc) is 3.22. The van der Waals surface area contributed by atoms with Crippen LogP contribution in [0.25, 0.3) is 0 Å². The Morgan fingerprint density at radius 1 is 1.23 bits per heavy atom. The Balaban J connectivity index is 1.49. The van der Waals surface area contributed by atoms with Gasteiger partial charge in [-0.25, -0.2) is 13.4 Å². The molecule has 0 amide bonds. The van der Waals surface area contributed by atoms with E-state index in [1.54, 1.807) is 24.3 Å². The third-order valence-electron chi connectivity index (χ3n) is 4.64. The number of aryl methyl sites for hydroxylation is 2. The number of nitrogens with zero attached hydrogens (tertiary/aromatic N) is 3. The highest BCUT2D eigenvalue weighted by Crippen LogP contribution is 2.30. The Kier molecular flexibility index (Phi) is 4.32. The fraction of sp³-hybridized carbons (Fsp3) is 0.444. The van der Waals surface area contributed by atoms with Crippen LogP contribution in [0.4, 0.5) is 0 Å². The molecule has 1 aromatic heterocycles. The standard InChI is InChI=1S/C18H21N3O4S/c1-12-9-18(20-13(2)19-12)25-15-5-7-21(11-15)26(22,23)16-3-4-17-14(10-16)6-8-24-17/h3-4,9-10,15H,5-8,11H2,1-2H3/t15-/m1/s1. The number of sulfonamides is 1. The van der Waals surface area contributed by atoms with Gasteiger partial charge in [-0.15, -0.1) is 0 Å². The molecule has 2 aliphatic heterocycles. The van der Waals surface area contributed by atoms with E-state index in [-0.39, 0.29) is 6.10 Å². The van der Waals surface area contributed by atoms with Crippen LogP contribution in [-0.4, -0.2) is 48.5 Å². The molecule has 138 valence electrons. The van der Waals surface area contributed by atoms with Crippen molar-refractivity contribution < 1.29 is 17.9 Å². The Morgan fingerprint density at radius 2 is 2.08 bits per heavy atom. The summed E-state index contributed by atoms with van der Waals surface area (Å²) in [5, 5.41) is 0. The van der Waals surface area contributed by atoms with E-state index >= 15 is 0 Å². The third-order valence-corrected chi connectivity index (χ3v) is 6.50. The largest absolute Gasteiger partial charge is 0.493 e. The molecule has 0 spiro atoms. The first-order chi connectivity index (χ1) is 12.4. The van der Waals surface area contributed by atoms with E-state index in [1.165, 1.54) is 4.31 Å². The van der Waals surface area contributed by atoms with Crippen LogP contribution in [-0.2, 0) is 16.4 Å². The van der Waals surface area contributed by atoms with Gasteiger partial charge in [0.05, 0.1) is 18.0 Å². The highest BCUT2D eigenvalue weighted by molar-refractivity contribution is 7.89. The van der Waals surface area contributed by atoms with E-state index in [2.05, 4.69) is 9.97 Å². The Labute approximate surface area is 153 Å². The van der Waals surface area contributed by atoms with Crippen molar-refractivity contribution in [1.82, 2.24) is 14.3 Å². The van der Waals surface area contributed by atoms with Crippen LogP contribution < -0.4 is 9.47 Å². The summed E-state index contributed by atoms with van der Waals surface area (Å²) in [5.41, 5.74) is 1.78. The molecule has 8 heteroatoms. The lowest BCUT2D eigenvalue weighted by molar-refractivity contribution is 0.206. The van der Waals surface area contributed by atoms with Crippen molar-refractivity contribution in [3.63, 3.8) is 0 Å². The molecular weight excluding hydrogens is 354 g/mol. The zero-order valence-corrected chi connectivity index (χ0v) is 15.6. The summed E-state index contributed by atoms with van der Waals surface area (Å²) in [7, 11) is -3.54. The van der Waals surface area contributed by atoms with Crippen LogP contribution in [0, 0.1) is 13.8 Å². The Bertz CT molecular complexity index is 925. The first-order valence-electron chi connectivity index (χ1n) is 8.66. The van der Waals surface area contributed by atoms with Crippen LogP contribution in [0.5, 0.6) is 11.6 Å². The maximum atomic E-state index is 12.9. The molecule has 1 atom stereocenters. The first kappa shape index (κ1) is 17.2. The zero-order chi connectivity index (χ0) is 18.3. The molecule has 0 N–H and O–H groups in total. The van der Waals surface area contributed by atoms with Gasteiger partial charge in [-0.3, -0.25) is 0 Å². The molecule has 0 unspecified atom stereocenters. The number of benzene rings is 1. The van der Waals surface area contributed by atoms with Gasteiger partial charge in [0.1, 0.15) is 17.7 Å². The van der Waals surface area contributed by atoms with Gasteiger partial charge < -0.3 is 9.47 Å². The zero-order valence-electron chi connectivity index (χ0n) is 14.8. The average molecular weight is 375 g/mol. The maximum absolute atomic E-state index is 12.9. The first-order valence-corrected chi connectivity index (χ1v) is 10.1. The van der Waals surface area contributed by atoms with Crippen molar-refractivity contribution >= 4 is 10.0 Å². The predicted molar refractivity (Wildman–Crippen MR) is 94.9 cm³/mol. The SMILES string of the molecule is Cc1cc(O[C@@H]2CCN(S(=O)(=O)c3ccc4c(c3)CCO4)C2)nc(C)n1. The van der Waals surface area contributed by atoms with E-state index in [9.17, 15) is 8.42 Å². The second-order valence-corrected chi connectivity index (χ2v) is 8.59. The van der Waals surface area contributed by atoms with Crippen LogP contribution in [0.15, 0.2) is 29.2 Å². The number of aromatic nitrogens is 2. The Morgan fingerprint density at radius 3 is 2.88 bits per heavy atom. The van der Waals surface area contributed by atoms with Gasteiger partial charge in [-0.2, -0.15) is 9.29 Å². The Hall–Kier alpha value is -2.19. The molecule has 7 nitrogen and oxygen atoms in total. The predicted octanol–water partition coefficient (Wildman–Crippen LogP) is 1.87. The minimum Gasteiger partial charge on any atom is -0.493 e. The second kappa shape index (κ2) is 6.51. The molecule has 0 bridgehead atoms. The van der Waals surface area contributed by atoms with Crippen molar-refractivity contribution in [2.24, 2.45) is 0 Å². The van der Waals surface area contributed by atoms with Crippen LogP contribution in [0.2, 0.25) is 0 Å².